The Labute approximate surface area is 108 Å². The molecule has 1 saturated carbocycles. The van der Waals surface area contributed by atoms with Gasteiger partial charge in [0.2, 0.25) is 5.91 Å². The van der Waals surface area contributed by atoms with Crippen molar-refractivity contribution in [3.63, 3.8) is 0 Å². The van der Waals surface area contributed by atoms with Gasteiger partial charge >= 0.3 is 6.09 Å². The quantitative estimate of drug-likeness (QED) is 0.769. The lowest BCUT2D eigenvalue weighted by Crippen LogP contribution is -2.63. The van der Waals surface area contributed by atoms with Crippen LogP contribution in [0.15, 0.2) is 0 Å². The van der Waals surface area contributed by atoms with E-state index in [2.05, 4.69) is 5.32 Å². The predicted octanol–water partition coefficient (Wildman–Crippen LogP) is 1.38. The van der Waals surface area contributed by atoms with Crippen molar-refractivity contribution in [3.8, 4) is 0 Å². The van der Waals surface area contributed by atoms with Gasteiger partial charge in [-0.05, 0) is 39.5 Å². The minimum Gasteiger partial charge on any atom is -0.444 e. The van der Waals surface area contributed by atoms with Crippen LogP contribution in [0.1, 0.15) is 33.6 Å². The topological polar surface area (TPSA) is 58.6 Å². The zero-order chi connectivity index (χ0) is 13.6. The molecule has 2 amide bonds. The van der Waals surface area contributed by atoms with E-state index in [1.165, 1.54) is 0 Å². The third-order valence-electron chi connectivity index (χ3n) is 3.69. The molecule has 0 atom stereocenters. The number of hydrogen-bond donors (Lipinski definition) is 1. The number of fused-ring (bicyclic) bond motifs is 2. The van der Waals surface area contributed by atoms with Crippen LogP contribution in [-0.2, 0) is 9.53 Å². The average molecular weight is 254 g/mol. The van der Waals surface area contributed by atoms with E-state index in [1.807, 2.05) is 20.8 Å². The van der Waals surface area contributed by atoms with E-state index in [0.29, 0.717) is 19.0 Å². The largest absolute Gasteiger partial charge is 0.444 e. The summed E-state index contributed by atoms with van der Waals surface area (Å²) >= 11 is 0. The van der Waals surface area contributed by atoms with E-state index < -0.39 is 5.60 Å². The molecule has 0 aromatic rings. The molecule has 2 saturated heterocycles. The minimum absolute atomic E-state index is 0.0482. The molecule has 0 radical (unpaired) electrons. The summed E-state index contributed by atoms with van der Waals surface area (Å²) in [6.07, 6.45) is 1.48. The maximum atomic E-state index is 12.0. The number of nitrogens with zero attached hydrogens (tertiary/aromatic N) is 1. The first-order valence-corrected chi connectivity index (χ1v) is 6.46. The highest BCUT2D eigenvalue weighted by Gasteiger charge is 2.55. The Morgan fingerprint density at radius 3 is 2.44 bits per heavy atom. The molecule has 0 aromatic carbocycles. The zero-order valence-corrected chi connectivity index (χ0v) is 11.6. The Morgan fingerprint density at radius 1 is 1.33 bits per heavy atom. The number of nitrogens with one attached hydrogen (secondary N) is 1. The molecule has 3 fully saturated rings. The van der Waals surface area contributed by atoms with Crippen LogP contribution >= 0.6 is 0 Å². The van der Waals surface area contributed by atoms with Gasteiger partial charge in [-0.2, -0.15) is 0 Å². The smallest absolute Gasteiger partial charge is 0.410 e. The van der Waals surface area contributed by atoms with E-state index in [0.717, 1.165) is 12.8 Å². The van der Waals surface area contributed by atoms with E-state index in [4.69, 9.17) is 4.74 Å². The molecule has 1 N–H and O–H groups in total. The van der Waals surface area contributed by atoms with Gasteiger partial charge < -0.3 is 15.0 Å². The molecule has 5 heteroatoms. The summed E-state index contributed by atoms with van der Waals surface area (Å²) in [5, 5.41) is 2.70. The van der Waals surface area contributed by atoms with Crippen LogP contribution in [0.3, 0.4) is 0 Å². The van der Waals surface area contributed by atoms with Gasteiger partial charge in [0.05, 0.1) is 5.41 Å². The number of hydrogen-bond acceptors (Lipinski definition) is 3. The number of rotatable bonds is 1. The van der Waals surface area contributed by atoms with Crippen molar-refractivity contribution in [2.75, 3.05) is 20.1 Å². The lowest BCUT2D eigenvalue weighted by atomic mass is 9.58. The van der Waals surface area contributed by atoms with Crippen LogP contribution in [-0.4, -0.2) is 42.6 Å². The van der Waals surface area contributed by atoms with Crippen molar-refractivity contribution >= 4 is 12.0 Å². The standard InChI is InChI=1S/C13H22N2O3/c1-12(2,3)18-11(17)15-7-9-5-13(6-9,8-15)10(16)14-4/h9H,5-8H2,1-4H3,(H,14,16). The van der Waals surface area contributed by atoms with Gasteiger partial charge in [0, 0.05) is 20.1 Å². The number of amides is 2. The van der Waals surface area contributed by atoms with Crippen LogP contribution in [0.5, 0.6) is 0 Å². The van der Waals surface area contributed by atoms with Crippen LogP contribution in [0.2, 0.25) is 0 Å². The molecular weight excluding hydrogens is 232 g/mol. The number of carbonyl (C=O) groups is 2. The van der Waals surface area contributed by atoms with Gasteiger partial charge in [-0.15, -0.1) is 0 Å². The number of ether oxygens (including phenoxy) is 1. The van der Waals surface area contributed by atoms with Crippen molar-refractivity contribution in [3.05, 3.63) is 0 Å². The lowest BCUT2D eigenvalue weighted by Gasteiger charge is -2.54. The first-order valence-electron chi connectivity index (χ1n) is 6.46. The average Bonchev–Trinajstić information content (AvgIpc) is 2.24. The van der Waals surface area contributed by atoms with E-state index in [9.17, 15) is 9.59 Å². The molecule has 2 aliphatic heterocycles. The van der Waals surface area contributed by atoms with E-state index >= 15 is 0 Å². The number of carbonyl (C=O) groups excluding carboxylic acids is 2. The van der Waals surface area contributed by atoms with Crippen molar-refractivity contribution in [1.29, 1.82) is 0 Å². The maximum absolute atomic E-state index is 12.0. The second kappa shape index (κ2) is 4.14. The summed E-state index contributed by atoms with van der Waals surface area (Å²) in [4.78, 5) is 25.6. The zero-order valence-electron chi connectivity index (χ0n) is 11.6. The molecule has 5 nitrogen and oxygen atoms in total. The van der Waals surface area contributed by atoms with Crippen LogP contribution in [0.25, 0.3) is 0 Å². The van der Waals surface area contributed by atoms with Gasteiger partial charge in [0.25, 0.3) is 0 Å². The second-order valence-electron chi connectivity index (χ2n) is 6.49. The fourth-order valence-electron chi connectivity index (χ4n) is 3.03. The van der Waals surface area contributed by atoms with Gasteiger partial charge in [-0.3, -0.25) is 4.79 Å². The first kappa shape index (κ1) is 13.2. The minimum atomic E-state index is -0.487. The Kier molecular flexibility index (Phi) is 3.03. The van der Waals surface area contributed by atoms with Crippen LogP contribution in [0.4, 0.5) is 4.79 Å². The summed E-state index contributed by atoms with van der Waals surface area (Å²) in [5.74, 6) is 0.496. The molecule has 3 rings (SSSR count). The maximum Gasteiger partial charge on any atom is 0.410 e. The Balaban J connectivity index is 2.01. The Bertz CT molecular complexity index is 367. The normalized spacial score (nSPS) is 30.4. The summed E-state index contributed by atoms with van der Waals surface area (Å²) < 4.78 is 5.36. The van der Waals surface area contributed by atoms with Gasteiger partial charge in [0.1, 0.15) is 5.60 Å². The molecule has 0 aromatic heterocycles. The fourth-order valence-corrected chi connectivity index (χ4v) is 3.03. The lowest BCUT2D eigenvalue weighted by molar-refractivity contribution is -0.148. The molecule has 18 heavy (non-hydrogen) atoms. The molecular formula is C13H22N2O3. The van der Waals surface area contributed by atoms with Crippen LogP contribution < -0.4 is 5.32 Å². The second-order valence-corrected chi connectivity index (χ2v) is 6.49. The highest BCUT2D eigenvalue weighted by Crippen LogP contribution is 2.50. The Hall–Kier alpha value is -1.26. The third-order valence-corrected chi connectivity index (χ3v) is 3.69. The van der Waals surface area contributed by atoms with E-state index in [-0.39, 0.29) is 17.4 Å². The first-order chi connectivity index (χ1) is 8.26. The molecule has 0 spiro atoms. The summed E-state index contributed by atoms with van der Waals surface area (Å²) in [5.41, 5.74) is -0.854. The highest BCUT2D eigenvalue weighted by molar-refractivity contribution is 5.85. The third kappa shape index (κ3) is 2.31. The van der Waals surface area contributed by atoms with Gasteiger partial charge in [-0.25, -0.2) is 4.79 Å². The van der Waals surface area contributed by atoms with Crippen molar-refractivity contribution in [2.24, 2.45) is 11.3 Å². The monoisotopic (exact) mass is 254 g/mol. The fraction of sp³-hybridized carbons (Fsp3) is 0.846. The number of piperidine rings is 2. The molecule has 0 unspecified atom stereocenters. The highest BCUT2D eigenvalue weighted by atomic mass is 16.6. The van der Waals surface area contributed by atoms with Crippen LogP contribution in [0, 0.1) is 11.3 Å². The molecule has 2 heterocycles. The summed E-state index contributed by atoms with van der Waals surface area (Å²) in [6, 6.07) is 0. The Morgan fingerprint density at radius 2 is 1.94 bits per heavy atom. The van der Waals surface area contributed by atoms with Crippen molar-refractivity contribution in [2.45, 2.75) is 39.2 Å². The van der Waals surface area contributed by atoms with Crippen molar-refractivity contribution in [1.82, 2.24) is 10.2 Å². The van der Waals surface area contributed by atoms with E-state index in [1.54, 1.807) is 11.9 Å². The van der Waals surface area contributed by atoms with Gasteiger partial charge in [-0.1, -0.05) is 0 Å². The van der Waals surface area contributed by atoms with Gasteiger partial charge in [0.15, 0.2) is 0 Å². The SMILES string of the molecule is CNC(=O)C12CC(CN(C(=O)OC(C)(C)C)C1)C2. The summed E-state index contributed by atoms with van der Waals surface area (Å²) in [7, 11) is 1.65. The van der Waals surface area contributed by atoms with Crippen molar-refractivity contribution < 1.29 is 14.3 Å². The summed E-state index contributed by atoms with van der Waals surface area (Å²) in [6.45, 7) is 6.75. The predicted molar refractivity (Wildman–Crippen MR) is 67.0 cm³/mol. The molecule has 2 bridgehead atoms. The molecule has 102 valence electrons. The molecule has 1 aliphatic carbocycles. The molecule has 3 aliphatic rings.